The molecule has 0 spiro atoms. The number of oxazole rings is 1. The molecule has 0 amide bonds. The summed E-state index contributed by atoms with van der Waals surface area (Å²) in [4.78, 5) is 18.7. The smallest absolute Gasteiger partial charge is 0.312 e. The highest BCUT2D eigenvalue weighted by atomic mass is 35.5. The Hall–Kier alpha value is -3.45. The molecule has 3 aromatic rings. The Morgan fingerprint density at radius 1 is 1.26 bits per heavy atom. The maximum absolute atomic E-state index is 10.8. The second-order valence-corrected chi connectivity index (χ2v) is 6.03. The van der Waals surface area contributed by atoms with Gasteiger partial charge in [0, 0.05) is 23.2 Å². The molecule has 0 fully saturated rings. The molecule has 0 bridgehead atoms. The van der Waals surface area contributed by atoms with Gasteiger partial charge in [0.15, 0.2) is 5.69 Å². The van der Waals surface area contributed by atoms with Crippen LogP contribution in [0.1, 0.15) is 22.7 Å². The highest BCUT2D eigenvalue weighted by molar-refractivity contribution is 6.31. The molecule has 0 radical (unpaired) electrons. The molecule has 0 unspecified atom stereocenters. The van der Waals surface area contributed by atoms with Crippen LogP contribution in [0.15, 0.2) is 51.9 Å². The van der Waals surface area contributed by atoms with Crippen LogP contribution in [0.3, 0.4) is 0 Å². The van der Waals surface area contributed by atoms with E-state index >= 15 is 0 Å². The molecule has 1 aromatic heterocycles. The monoisotopic (exact) mass is 383 g/mol. The molecule has 1 N–H and O–H groups in total. The first-order valence-electron chi connectivity index (χ1n) is 7.85. The summed E-state index contributed by atoms with van der Waals surface area (Å²) in [5.41, 5.74) is 2.30. The topological polar surface area (TPSA) is 102 Å². The van der Waals surface area contributed by atoms with E-state index in [9.17, 15) is 15.2 Å². The van der Waals surface area contributed by atoms with Gasteiger partial charge in [-0.25, -0.2) is 4.98 Å². The molecule has 136 valence electrons. The lowest BCUT2D eigenvalue weighted by Gasteiger charge is -1.97. The van der Waals surface area contributed by atoms with Gasteiger partial charge in [-0.1, -0.05) is 29.8 Å². The molecule has 0 atom stereocenters. The van der Waals surface area contributed by atoms with Crippen LogP contribution in [0.25, 0.3) is 12.2 Å². The van der Waals surface area contributed by atoms with E-state index in [1.165, 1.54) is 24.4 Å². The minimum absolute atomic E-state index is 0.0167. The van der Waals surface area contributed by atoms with Gasteiger partial charge in [0.25, 0.3) is 5.69 Å². The first kappa shape index (κ1) is 18.3. The van der Waals surface area contributed by atoms with Gasteiger partial charge in [-0.15, -0.1) is 0 Å². The van der Waals surface area contributed by atoms with Crippen LogP contribution in [0.2, 0.25) is 5.02 Å². The van der Waals surface area contributed by atoms with Gasteiger partial charge in [-0.3, -0.25) is 15.1 Å². The van der Waals surface area contributed by atoms with Crippen molar-refractivity contribution in [1.82, 2.24) is 4.98 Å². The quantitative estimate of drug-likeness (QED) is 0.372. The van der Waals surface area contributed by atoms with Crippen LogP contribution in [0.4, 0.5) is 11.4 Å². The second kappa shape index (κ2) is 7.84. The first-order chi connectivity index (χ1) is 12.9. The van der Waals surface area contributed by atoms with Crippen molar-refractivity contribution in [1.29, 1.82) is 0 Å². The van der Waals surface area contributed by atoms with Crippen LogP contribution in [0.5, 0.6) is 5.95 Å². The Bertz CT molecular complexity index is 1060. The summed E-state index contributed by atoms with van der Waals surface area (Å²) >= 11 is 6.05. The zero-order valence-corrected chi connectivity index (χ0v) is 14.9. The number of hydrogen-bond donors (Lipinski definition) is 1. The van der Waals surface area contributed by atoms with Gasteiger partial charge in [-0.05, 0) is 36.3 Å². The fourth-order valence-electron chi connectivity index (χ4n) is 2.20. The van der Waals surface area contributed by atoms with Crippen molar-refractivity contribution in [2.24, 2.45) is 4.99 Å². The maximum atomic E-state index is 10.8. The van der Waals surface area contributed by atoms with Crippen molar-refractivity contribution in [3.05, 3.63) is 80.3 Å². The highest BCUT2D eigenvalue weighted by Crippen LogP contribution is 2.24. The molecule has 0 saturated heterocycles. The van der Waals surface area contributed by atoms with Gasteiger partial charge in [0.05, 0.1) is 16.8 Å². The minimum Gasteiger partial charge on any atom is -0.479 e. The molecule has 0 saturated carbocycles. The zero-order valence-electron chi connectivity index (χ0n) is 14.2. The largest absolute Gasteiger partial charge is 0.479 e. The number of aliphatic imine (C=N–C) groups is 1. The maximum Gasteiger partial charge on any atom is 0.312 e. The number of hydrogen-bond acceptors (Lipinski definition) is 6. The number of benzene rings is 2. The number of halogens is 1. The number of aromatic nitrogens is 1. The number of nitrogens with zero attached hydrogens (tertiary/aromatic N) is 3. The van der Waals surface area contributed by atoms with Gasteiger partial charge in [-0.2, -0.15) is 0 Å². The number of aryl methyl sites for hydroxylation is 1. The normalized spacial score (nSPS) is 11.5. The van der Waals surface area contributed by atoms with Crippen molar-refractivity contribution >= 4 is 41.3 Å². The SMILES string of the molecule is Cc1ccc(N=Cc2nc(/C=C/c3cccc([N+](=O)[O-])c3)oc2O)cc1Cl. The Kier molecular flexibility index (Phi) is 5.33. The Balaban J connectivity index is 1.78. The van der Waals surface area contributed by atoms with E-state index < -0.39 is 4.92 Å². The van der Waals surface area contributed by atoms with E-state index in [1.807, 2.05) is 13.0 Å². The molecule has 0 aliphatic heterocycles. The summed E-state index contributed by atoms with van der Waals surface area (Å²) in [6.45, 7) is 1.89. The molecule has 0 aliphatic carbocycles. The van der Waals surface area contributed by atoms with Crippen LogP contribution in [-0.2, 0) is 0 Å². The third kappa shape index (κ3) is 4.59. The summed E-state index contributed by atoms with van der Waals surface area (Å²) in [5.74, 6) is -0.238. The predicted molar refractivity (Wildman–Crippen MR) is 104 cm³/mol. The third-order valence-corrected chi connectivity index (χ3v) is 4.05. The molecule has 2 aromatic carbocycles. The second-order valence-electron chi connectivity index (χ2n) is 5.62. The van der Waals surface area contributed by atoms with E-state index in [1.54, 1.807) is 30.3 Å². The van der Waals surface area contributed by atoms with Crippen molar-refractivity contribution in [2.75, 3.05) is 0 Å². The molecule has 3 rings (SSSR count). The number of nitro groups is 1. The van der Waals surface area contributed by atoms with Gasteiger partial charge in [0.2, 0.25) is 5.89 Å². The van der Waals surface area contributed by atoms with Crippen molar-refractivity contribution in [3.63, 3.8) is 0 Å². The third-order valence-electron chi connectivity index (χ3n) is 3.64. The average Bonchev–Trinajstić information content (AvgIpc) is 3.01. The van der Waals surface area contributed by atoms with Crippen LogP contribution in [0, 0.1) is 17.0 Å². The first-order valence-corrected chi connectivity index (χ1v) is 8.23. The highest BCUT2D eigenvalue weighted by Gasteiger charge is 2.09. The molecule has 7 nitrogen and oxygen atoms in total. The minimum atomic E-state index is -0.472. The lowest BCUT2D eigenvalue weighted by atomic mass is 10.2. The summed E-state index contributed by atoms with van der Waals surface area (Å²) in [6.07, 6.45) is 4.46. The lowest BCUT2D eigenvalue weighted by molar-refractivity contribution is -0.384. The Morgan fingerprint density at radius 2 is 2.07 bits per heavy atom. The fourth-order valence-corrected chi connectivity index (χ4v) is 2.38. The van der Waals surface area contributed by atoms with Crippen molar-refractivity contribution in [3.8, 4) is 5.95 Å². The summed E-state index contributed by atoms with van der Waals surface area (Å²) < 4.78 is 5.15. The predicted octanol–water partition coefficient (Wildman–Crippen LogP) is 5.17. The number of nitro benzene ring substituents is 1. The Labute approximate surface area is 159 Å². The molecule has 27 heavy (non-hydrogen) atoms. The van der Waals surface area contributed by atoms with Crippen molar-refractivity contribution < 1.29 is 14.4 Å². The van der Waals surface area contributed by atoms with Crippen LogP contribution >= 0.6 is 11.6 Å². The summed E-state index contributed by atoms with van der Waals surface area (Å²) in [7, 11) is 0. The van der Waals surface area contributed by atoms with Crippen molar-refractivity contribution in [2.45, 2.75) is 6.92 Å². The standard InChI is InChI=1S/C19H14ClN3O4/c1-12-5-7-14(10-16(12)20)21-11-17-19(24)27-18(22-17)8-6-13-3-2-4-15(9-13)23(25)26/h2-11,24H,1H3/b8-6+,21-11?. The fraction of sp³-hybridized carbons (Fsp3) is 0.0526. The molecule has 1 heterocycles. The van der Waals surface area contributed by atoms with E-state index in [2.05, 4.69) is 9.98 Å². The number of rotatable bonds is 5. The summed E-state index contributed by atoms with van der Waals surface area (Å²) in [5, 5.41) is 21.2. The Morgan fingerprint density at radius 3 is 2.81 bits per heavy atom. The average molecular weight is 384 g/mol. The lowest BCUT2D eigenvalue weighted by Crippen LogP contribution is -1.87. The zero-order chi connectivity index (χ0) is 19.4. The van der Waals surface area contributed by atoms with E-state index in [4.69, 9.17) is 16.0 Å². The van der Waals surface area contributed by atoms with Crippen LogP contribution < -0.4 is 0 Å². The molecule has 0 aliphatic rings. The molecular formula is C19H14ClN3O4. The van der Waals surface area contributed by atoms with Gasteiger partial charge in [0.1, 0.15) is 0 Å². The van der Waals surface area contributed by atoms with Crippen LogP contribution in [-0.4, -0.2) is 21.2 Å². The van der Waals surface area contributed by atoms with Gasteiger partial charge < -0.3 is 9.52 Å². The molecule has 8 heteroatoms. The van der Waals surface area contributed by atoms with Gasteiger partial charge >= 0.3 is 5.95 Å². The summed E-state index contributed by atoms with van der Waals surface area (Å²) in [6, 6.07) is 11.4. The number of non-ortho nitro benzene ring substituents is 1. The number of aromatic hydroxyl groups is 1. The molecular weight excluding hydrogens is 370 g/mol. The van der Waals surface area contributed by atoms with E-state index in [0.29, 0.717) is 16.3 Å². The van der Waals surface area contributed by atoms with E-state index in [0.717, 1.165) is 5.56 Å². The van der Waals surface area contributed by atoms with E-state index in [-0.39, 0.29) is 23.2 Å².